The molecular formula is C30H50O5. The van der Waals surface area contributed by atoms with E-state index in [4.69, 9.17) is 4.74 Å². The Balaban J connectivity index is 1.37. The van der Waals surface area contributed by atoms with Crippen LogP contribution >= 0.6 is 0 Å². The first-order valence-corrected chi connectivity index (χ1v) is 14.4. The maximum Gasteiger partial charge on any atom is 0.0865 e. The van der Waals surface area contributed by atoms with Crippen LogP contribution in [0.5, 0.6) is 0 Å². The van der Waals surface area contributed by atoms with E-state index in [1.165, 1.54) is 6.42 Å². The summed E-state index contributed by atoms with van der Waals surface area (Å²) in [5.74, 6) is 0.577. The molecule has 0 aromatic carbocycles. The van der Waals surface area contributed by atoms with E-state index < -0.39 is 23.4 Å². The topological polar surface area (TPSA) is 90.2 Å². The Morgan fingerprint density at radius 3 is 2.09 bits per heavy atom. The second-order valence-electron chi connectivity index (χ2n) is 15.9. The van der Waals surface area contributed by atoms with Gasteiger partial charge in [0.2, 0.25) is 0 Å². The highest BCUT2D eigenvalue weighted by Crippen LogP contribution is 2.89. The molecule has 5 saturated carbocycles. The predicted octanol–water partition coefficient (Wildman–Crippen LogP) is 4.44. The molecule has 0 aromatic rings. The molecule has 4 N–H and O–H groups in total. The molecule has 6 aliphatic rings. The summed E-state index contributed by atoms with van der Waals surface area (Å²) in [5.41, 5.74) is -1.35. The van der Waals surface area contributed by atoms with Gasteiger partial charge in [0.25, 0.3) is 0 Å². The number of rotatable bonds is 2. The molecule has 0 unspecified atom stereocenters. The van der Waals surface area contributed by atoms with Gasteiger partial charge in [0.15, 0.2) is 0 Å². The van der Waals surface area contributed by atoms with Gasteiger partial charge < -0.3 is 25.2 Å². The van der Waals surface area contributed by atoms with Gasteiger partial charge in [-0.2, -0.15) is 0 Å². The summed E-state index contributed by atoms with van der Waals surface area (Å²) in [6.45, 7) is 15.0. The first kappa shape index (κ1) is 25.1. The molecule has 1 aliphatic heterocycles. The van der Waals surface area contributed by atoms with Gasteiger partial charge in [0, 0.05) is 5.92 Å². The van der Waals surface area contributed by atoms with Crippen molar-refractivity contribution in [2.75, 3.05) is 0 Å². The van der Waals surface area contributed by atoms with Crippen molar-refractivity contribution >= 4 is 0 Å². The fourth-order valence-electron chi connectivity index (χ4n) is 12.1. The minimum absolute atomic E-state index is 0.0267. The standard InChI is InChI=1S/C30H50O5/c1-24(2)20(33)8-11-30-16-29(30)13-12-26(5)23(28(7)10-9-21(35-28)25(3,4)34)18(32)15-27(26,6)19(29)14-17(31)22(24)30/h17-23,31-34H,8-16H2,1-7H3/t17-,18-,19-,20-,21-,22+,23-,26+,27-,28+,29-,30+/m0/s1. The first-order valence-electron chi connectivity index (χ1n) is 14.4. The van der Waals surface area contributed by atoms with Gasteiger partial charge in [-0.15, -0.1) is 0 Å². The van der Waals surface area contributed by atoms with Gasteiger partial charge in [0.05, 0.1) is 35.6 Å². The number of aliphatic hydroxyl groups is 4. The summed E-state index contributed by atoms with van der Waals surface area (Å²) < 4.78 is 6.66. The van der Waals surface area contributed by atoms with E-state index in [0.29, 0.717) is 5.92 Å². The molecule has 5 aliphatic carbocycles. The van der Waals surface area contributed by atoms with Gasteiger partial charge in [0.1, 0.15) is 0 Å². The van der Waals surface area contributed by atoms with Crippen LogP contribution in [0.2, 0.25) is 0 Å². The van der Waals surface area contributed by atoms with E-state index in [1.54, 1.807) is 0 Å². The molecule has 5 nitrogen and oxygen atoms in total. The van der Waals surface area contributed by atoms with Crippen LogP contribution in [0.15, 0.2) is 0 Å². The van der Waals surface area contributed by atoms with Gasteiger partial charge >= 0.3 is 0 Å². The van der Waals surface area contributed by atoms with Crippen molar-refractivity contribution in [3.8, 4) is 0 Å². The monoisotopic (exact) mass is 490 g/mol. The summed E-state index contributed by atoms with van der Waals surface area (Å²) in [5, 5.41) is 45.0. The molecule has 0 radical (unpaired) electrons. The maximum absolute atomic E-state index is 11.7. The summed E-state index contributed by atoms with van der Waals surface area (Å²) in [4.78, 5) is 0. The fourth-order valence-corrected chi connectivity index (χ4v) is 12.1. The molecule has 200 valence electrons. The highest BCUT2D eigenvalue weighted by atomic mass is 16.5. The molecule has 0 amide bonds. The Kier molecular flexibility index (Phi) is 4.92. The van der Waals surface area contributed by atoms with Crippen molar-refractivity contribution in [1.82, 2.24) is 0 Å². The predicted molar refractivity (Wildman–Crippen MR) is 134 cm³/mol. The van der Waals surface area contributed by atoms with Crippen molar-refractivity contribution in [3.05, 3.63) is 0 Å². The third-order valence-electron chi connectivity index (χ3n) is 13.8. The van der Waals surface area contributed by atoms with E-state index in [2.05, 4.69) is 34.6 Å². The van der Waals surface area contributed by atoms with Crippen LogP contribution in [0.25, 0.3) is 0 Å². The quantitative estimate of drug-likeness (QED) is 0.460. The molecule has 6 fully saturated rings. The van der Waals surface area contributed by atoms with Crippen LogP contribution in [0, 0.1) is 44.8 Å². The van der Waals surface area contributed by atoms with Crippen LogP contribution in [0.4, 0.5) is 0 Å². The average molecular weight is 491 g/mol. The van der Waals surface area contributed by atoms with Crippen molar-refractivity contribution in [3.63, 3.8) is 0 Å². The fraction of sp³-hybridized carbons (Fsp3) is 1.00. The zero-order valence-corrected chi connectivity index (χ0v) is 23.1. The second-order valence-corrected chi connectivity index (χ2v) is 15.9. The lowest BCUT2D eigenvalue weighted by molar-refractivity contribution is -0.213. The molecule has 5 heteroatoms. The van der Waals surface area contributed by atoms with Gasteiger partial charge in [-0.3, -0.25) is 0 Å². The summed E-state index contributed by atoms with van der Waals surface area (Å²) >= 11 is 0. The molecule has 1 saturated heterocycles. The Morgan fingerprint density at radius 2 is 1.46 bits per heavy atom. The molecule has 2 spiro atoms. The second kappa shape index (κ2) is 6.86. The van der Waals surface area contributed by atoms with Crippen molar-refractivity contribution in [2.24, 2.45) is 44.8 Å². The van der Waals surface area contributed by atoms with Crippen molar-refractivity contribution < 1.29 is 25.2 Å². The highest BCUT2D eigenvalue weighted by Gasteiger charge is 2.84. The average Bonchev–Trinajstić information content (AvgIpc) is 3.08. The van der Waals surface area contributed by atoms with Crippen LogP contribution in [0.3, 0.4) is 0 Å². The number of ether oxygens (including phenoxy) is 1. The zero-order chi connectivity index (χ0) is 25.6. The largest absolute Gasteiger partial charge is 0.393 e. The lowest BCUT2D eigenvalue weighted by atomic mass is 9.41. The SMILES string of the molecule is CC(C)(O)[C@@H]1CC[C@](C)([C@H]2[C@@H](O)C[C@@]3(C)[C@@H]4C[C@H](O)[C@@H]5C(C)(C)[C@@H](O)CC[C@@]56C[C@@]46CC[C@]23C)O1. The molecule has 6 rings (SSSR count). The highest BCUT2D eigenvalue weighted by molar-refractivity contribution is 5.33. The Hall–Kier alpha value is -0.200. The minimum atomic E-state index is -0.886. The van der Waals surface area contributed by atoms with E-state index in [0.717, 1.165) is 51.4 Å². The van der Waals surface area contributed by atoms with Crippen LogP contribution in [-0.4, -0.2) is 56.0 Å². The molecule has 12 atom stereocenters. The molecule has 1 heterocycles. The van der Waals surface area contributed by atoms with Crippen molar-refractivity contribution in [1.29, 1.82) is 0 Å². The third-order valence-corrected chi connectivity index (χ3v) is 13.8. The lowest BCUT2D eigenvalue weighted by Gasteiger charge is -2.64. The number of fused-ring (bicyclic) bond motifs is 2. The Morgan fingerprint density at radius 1 is 0.771 bits per heavy atom. The van der Waals surface area contributed by atoms with Crippen LogP contribution < -0.4 is 0 Å². The zero-order valence-electron chi connectivity index (χ0n) is 23.1. The number of hydrogen-bond donors (Lipinski definition) is 4. The van der Waals surface area contributed by atoms with Gasteiger partial charge in [-0.05, 0) is 117 Å². The van der Waals surface area contributed by atoms with Crippen LogP contribution in [-0.2, 0) is 4.74 Å². The first-order chi connectivity index (χ1) is 16.0. The van der Waals surface area contributed by atoms with E-state index in [9.17, 15) is 20.4 Å². The van der Waals surface area contributed by atoms with Crippen LogP contribution in [0.1, 0.15) is 106 Å². The summed E-state index contributed by atoms with van der Waals surface area (Å²) in [6.07, 6.45) is 7.18. The van der Waals surface area contributed by atoms with E-state index in [1.807, 2.05) is 13.8 Å². The molecular weight excluding hydrogens is 440 g/mol. The third kappa shape index (κ3) is 2.78. The Bertz CT molecular complexity index is 911. The lowest BCUT2D eigenvalue weighted by Crippen LogP contribution is -2.62. The molecule has 0 bridgehead atoms. The summed E-state index contributed by atoms with van der Waals surface area (Å²) in [6, 6.07) is 0. The number of aliphatic hydroxyl groups excluding tert-OH is 3. The van der Waals surface area contributed by atoms with Gasteiger partial charge in [-0.25, -0.2) is 0 Å². The van der Waals surface area contributed by atoms with Crippen molar-refractivity contribution in [2.45, 2.75) is 142 Å². The minimum Gasteiger partial charge on any atom is -0.393 e. The molecule has 35 heavy (non-hydrogen) atoms. The van der Waals surface area contributed by atoms with E-state index in [-0.39, 0.29) is 51.1 Å². The normalized spacial score (nSPS) is 60.9. The smallest absolute Gasteiger partial charge is 0.0865 e. The molecule has 0 aromatic heterocycles. The van der Waals surface area contributed by atoms with E-state index >= 15 is 0 Å². The number of hydrogen-bond acceptors (Lipinski definition) is 5. The Labute approximate surface area is 212 Å². The summed E-state index contributed by atoms with van der Waals surface area (Å²) in [7, 11) is 0. The maximum atomic E-state index is 11.7. The van der Waals surface area contributed by atoms with Gasteiger partial charge in [-0.1, -0.05) is 27.7 Å².